The first-order valence-electron chi connectivity index (χ1n) is 22.6. The molecule has 0 unspecified atom stereocenters. The molecule has 0 saturated heterocycles. The van der Waals surface area contributed by atoms with Gasteiger partial charge in [0, 0.05) is 43.7 Å². The second-order valence-corrected chi connectivity index (χ2v) is 17.2. The van der Waals surface area contributed by atoms with Crippen LogP contribution in [0, 0.1) is 0 Å². The number of hydrogen-bond acceptors (Lipinski definition) is 4. The van der Waals surface area contributed by atoms with Gasteiger partial charge in [0.05, 0.1) is 38.7 Å². The first-order chi connectivity index (χ1) is 33.2. The van der Waals surface area contributed by atoms with Gasteiger partial charge in [0.2, 0.25) is 0 Å². The number of rotatable bonds is 6. The van der Waals surface area contributed by atoms with E-state index in [1.807, 2.05) is 18.2 Å². The van der Waals surface area contributed by atoms with Crippen LogP contribution in [0.15, 0.2) is 229 Å². The smallest absolute Gasteiger partial charge is 0.167 e. The van der Waals surface area contributed by atoms with Crippen LogP contribution >= 0.6 is 0 Å². The molecule has 67 heavy (non-hydrogen) atoms. The summed E-state index contributed by atoms with van der Waals surface area (Å²) in [6.45, 7) is 0. The zero-order valence-corrected chi connectivity index (χ0v) is 36.0. The van der Waals surface area contributed by atoms with E-state index in [4.69, 9.17) is 19.4 Å². The van der Waals surface area contributed by atoms with Gasteiger partial charge in [-0.1, -0.05) is 164 Å². The Morgan fingerprint density at radius 2 is 0.866 bits per heavy atom. The molecule has 0 amide bonds. The number of nitrogens with zero attached hydrogens (tertiary/aromatic N) is 5. The van der Waals surface area contributed by atoms with E-state index in [2.05, 4.69) is 215 Å². The van der Waals surface area contributed by atoms with E-state index >= 15 is 0 Å². The van der Waals surface area contributed by atoms with Gasteiger partial charge < -0.3 is 13.6 Å². The minimum atomic E-state index is 0.527. The van der Waals surface area contributed by atoms with Crippen LogP contribution in [0.3, 0.4) is 0 Å². The molecule has 0 aliphatic heterocycles. The van der Waals surface area contributed by atoms with Crippen LogP contribution in [0.4, 0.5) is 0 Å². The topological polar surface area (TPSA) is 61.7 Å². The average molecular weight is 856 g/mol. The maximum absolute atomic E-state index is 6.97. The highest BCUT2D eigenvalue weighted by molar-refractivity contribution is 6.18. The highest BCUT2D eigenvalue weighted by Gasteiger charge is 2.24. The van der Waals surface area contributed by atoms with Crippen molar-refractivity contribution in [2.24, 2.45) is 0 Å². The molecule has 10 aromatic carbocycles. The van der Waals surface area contributed by atoms with Crippen LogP contribution in [0.1, 0.15) is 0 Å². The summed E-state index contributed by atoms with van der Waals surface area (Å²) in [4.78, 5) is 16.0. The fourth-order valence-corrected chi connectivity index (χ4v) is 10.2. The molecule has 0 N–H and O–H groups in total. The van der Waals surface area contributed by atoms with Gasteiger partial charge in [-0.25, -0.2) is 15.0 Å². The molecule has 4 heterocycles. The second-order valence-electron chi connectivity index (χ2n) is 17.2. The van der Waals surface area contributed by atoms with Crippen LogP contribution < -0.4 is 0 Å². The number of fused-ring (bicyclic) bond motifs is 10. The molecule has 4 aromatic heterocycles. The Kier molecular flexibility index (Phi) is 8.18. The van der Waals surface area contributed by atoms with Crippen molar-refractivity contribution in [3.05, 3.63) is 224 Å². The van der Waals surface area contributed by atoms with Crippen molar-refractivity contribution in [3.63, 3.8) is 0 Å². The minimum absolute atomic E-state index is 0.527. The highest BCUT2D eigenvalue weighted by atomic mass is 16.3. The normalized spacial score (nSPS) is 11.9. The van der Waals surface area contributed by atoms with E-state index in [1.165, 1.54) is 26.9 Å². The number of hydrogen-bond donors (Lipinski definition) is 0. The Labute approximate surface area is 384 Å². The zero-order valence-electron chi connectivity index (χ0n) is 36.0. The van der Waals surface area contributed by atoms with Crippen molar-refractivity contribution in [1.82, 2.24) is 24.1 Å². The maximum atomic E-state index is 6.97. The molecular weight excluding hydrogens is 819 g/mol. The maximum Gasteiger partial charge on any atom is 0.167 e. The monoisotopic (exact) mass is 855 g/mol. The van der Waals surface area contributed by atoms with Gasteiger partial charge in [0.1, 0.15) is 11.2 Å². The Bertz CT molecular complexity index is 4260. The van der Waals surface area contributed by atoms with Crippen molar-refractivity contribution in [2.45, 2.75) is 0 Å². The summed E-state index contributed by atoms with van der Waals surface area (Å²) in [5, 5.41) is 9.16. The van der Waals surface area contributed by atoms with E-state index in [9.17, 15) is 0 Å². The molecule has 14 rings (SSSR count). The molecule has 0 radical (unpaired) electrons. The Balaban J connectivity index is 1.02. The largest absolute Gasteiger partial charge is 0.455 e. The lowest BCUT2D eigenvalue weighted by molar-refractivity contribution is 0.669. The lowest BCUT2D eigenvalue weighted by Gasteiger charge is -2.13. The van der Waals surface area contributed by atoms with E-state index in [0.29, 0.717) is 23.1 Å². The van der Waals surface area contributed by atoms with Crippen molar-refractivity contribution in [1.29, 1.82) is 0 Å². The molecule has 0 aliphatic rings. The van der Waals surface area contributed by atoms with Crippen LogP contribution in [0.2, 0.25) is 0 Å². The Hall–Kier alpha value is -9.13. The summed E-state index contributed by atoms with van der Waals surface area (Å²) in [7, 11) is 0. The predicted molar refractivity (Wildman–Crippen MR) is 275 cm³/mol. The van der Waals surface area contributed by atoms with Gasteiger partial charge in [0.15, 0.2) is 17.5 Å². The molecular formula is C61H37N5O. The van der Waals surface area contributed by atoms with Crippen molar-refractivity contribution in [3.8, 4) is 56.7 Å². The van der Waals surface area contributed by atoms with Gasteiger partial charge in [-0.3, -0.25) is 0 Å². The lowest BCUT2D eigenvalue weighted by atomic mass is 10.0. The summed E-state index contributed by atoms with van der Waals surface area (Å²) >= 11 is 0. The van der Waals surface area contributed by atoms with Gasteiger partial charge in [-0.15, -0.1) is 0 Å². The van der Waals surface area contributed by atoms with Crippen molar-refractivity contribution < 1.29 is 4.42 Å². The number of benzene rings is 10. The van der Waals surface area contributed by atoms with Crippen LogP contribution in [0.25, 0.3) is 133 Å². The molecule has 0 bridgehead atoms. The molecule has 6 heteroatoms. The quantitative estimate of drug-likeness (QED) is 0.167. The third-order valence-corrected chi connectivity index (χ3v) is 13.4. The minimum Gasteiger partial charge on any atom is -0.455 e. The zero-order chi connectivity index (χ0) is 44.0. The molecule has 6 nitrogen and oxygen atoms in total. The van der Waals surface area contributed by atoms with E-state index in [1.54, 1.807) is 0 Å². The van der Waals surface area contributed by atoms with Crippen LogP contribution in [0.5, 0.6) is 0 Å². The van der Waals surface area contributed by atoms with E-state index in [0.717, 1.165) is 83.0 Å². The molecule has 0 atom stereocenters. The number of furan rings is 1. The fraction of sp³-hybridized carbons (Fsp3) is 0. The average Bonchev–Trinajstić information content (AvgIpc) is 4.06. The predicted octanol–water partition coefficient (Wildman–Crippen LogP) is 15.8. The second kappa shape index (κ2) is 14.7. The third-order valence-electron chi connectivity index (χ3n) is 13.4. The highest BCUT2D eigenvalue weighted by Crippen LogP contribution is 2.43. The van der Waals surface area contributed by atoms with Gasteiger partial charge in [-0.2, -0.15) is 0 Å². The first kappa shape index (κ1) is 37.3. The van der Waals surface area contributed by atoms with Crippen LogP contribution in [-0.2, 0) is 0 Å². The summed E-state index contributed by atoms with van der Waals surface area (Å²) in [6, 6.07) is 79.1. The molecule has 0 saturated carbocycles. The Morgan fingerprint density at radius 3 is 1.64 bits per heavy atom. The summed E-state index contributed by atoms with van der Waals surface area (Å²) < 4.78 is 11.7. The van der Waals surface area contributed by atoms with Gasteiger partial charge in [0.25, 0.3) is 0 Å². The third kappa shape index (κ3) is 5.86. The summed E-state index contributed by atoms with van der Waals surface area (Å²) in [6.07, 6.45) is 0. The molecule has 14 aromatic rings. The molecule has 312 valence electrons. The number of para-hydroxylation sites is 4. The molecule has 0 spiro atoms. The van der Waals surface area contributed by atoms with Crippen molar-refractivity contribution >= 4 is 76.3 Å². The van der Waals surface area contributed by atoms with Gasteiger partial charge >= 0.3 is 0 Å². The van der Waals surface area contributed by atoms with Gasteiger partial charge in [-0.05, 0) is 82.6 Å². The first-order valence-corrected chi connectivity index (χ1v) is 22.6. The van der Waals surface area contributed by atoms with Crippen LogP contribution in [-0.4, -0.2) is 24.1 Å². The van der Waals surface area contributed by atoms with E-state index < -0.39 is 0 Å². The lowest BCUT2D eigenvalue weighted by Crippen LogP contribution is -2.01. The Morgan fingerprint density at radius 1 is 0.328 bits per heavy atom. The summed E-state index contributed by atoms with van der Waals surface area (Å²) in [5.41, 5.74) is 12.9. The SMILES string of the molecule is c1ccc(-c2ccc(-c3nc(-c4ccc5c6ccccc6n(-c6ccccc6)c5c4)nc(-c4ccc(-n5c6ccccc6c6cc7ccccc7cc65)c5c4oc4ccccc45)n3)cc2)cc1. The van der Waals surface area contributed by atoms with E-state index in [-0.39, 0.29) is 0 Å². The molecule has 0 fully saturated rings. The van der Waals surface area contributed by atoms with Crippen molar-refractivity contribution in [2.75, 3.05) is 0 Å². The summed E-state index contributed by atoms with van der Waals surface area (Å²) in [5.74, 6) is 1.67. The fourth-order valence-electron chi connectivity index (χ4n) is 10.2. The number of aromatic nitrogens is 5. The molecule has 0 aliphatic carbocycles. The standard InChI is InChI=1S/C61H37N5O/c1-3-15-38(16-4-1)39-27-29-40(30-28-39)59-62-60(43-31-32-47-45-21-9-12-24-51(45)65(54(47)37-43)44-19-5-2-6-20-44)64-61(63-59)49-33-34-53(57-48-23-11-14-26-56(48)67-58(49)57)66-52-25-13-10-22-46(52)50-35-41-17-7-8-18-42(41)36-55(50)66/h1-37H.